The quantitative estimate of drug-likeness (QED) is 0.500. The molecule has 0 saturated heterocycles. The molecule has 1 aliphatic heterocycles. The molecular weight excluding hydrogens is 467 g/mol. The van der Waals surface area contributed by atoms with Crippen LogP contribution in [-0.4, -0.2) is 63.5 Å². The van der Waals surface area contributed by atoms with Gasteiger partial charge in [0.2, 0.25) is 15.9 Å². The monoisotopic (exact) mass is 493 g/mol. The van der Waals surface area contributed by atoms with E-state index in [1.54, 1.807) is 0 Å². The molecule has 0 bridgehead atoms. The number of sulfonamides is 1. The van der Waals surface area contributed by atoms with Crippen molar-refractivity contribution < 1.29 is 40.7 Å². The van der Waals surface area contributed by atoms with E-state index in [1.807, 2.05) is 6.92 Å². The van der Waals surface area contributed by atoms with Crippen LogP contribution in [0.2, 0.25) is 0 Å². The van der Waals surface area contributed by atoms with Crippen LogP contribution in [0, 0.1) is 0 Å². The molecule has 1 aromatic rings. The van der Waals surface area contributed by atoms with Gasteiger partial charge in [-0.15, -0.1) is 0 Å². The minimum atomic E-state index is -5.02. The van der Waals surface area contributed by atoms with Gasteiger partial charge in [-0.1, -0.05) is 25.8 Å². The lowest BCUT2D eigenvalue weighted by molar-refractivity contribution is -0.186. The molecule has 0 aliphatic carbocycles. The molecule has 2 N–H and O–H groups in total. The topological polar surface area (TPSA) is 122 Å². The maximum atomic E-state index is 12.7. The van der Waals surface area contributed by atoms with Crippen LogP contribution in [0.25, 0.3) is 0 Å². The van der Waals surface area contributed by atoms with Crippen LogP contribution >= 0.6 is 0 Å². The molecule has 0 aromatic heterocycles. The zero-order valence-corrected chi connectivity index (χ0v) is 19.0. The van der Waals surface area contributed by atoms with E-state index in [1.165, 1.54) is 25.3 Å². The van der Waals surface area contributed by atoms with E-state index in [0.717, 1.165) is 6.42 Å². The maximum Gasteiger partial charge on any atom is 0.471 e. The smallest absolute Gasteiger partial charge is 0.467 e. The largest absolute Gasteiger partial charge is 0.471 e. The minimum absolute atomic E-state index is 0.130. The van der Waals surface area contributed by atoms with Crippen molar-refractivity contribution in [3.8, 4) is 0 Å². The third-order valence-corrected chi connectivity index (χ3v) is 6.52. The number of methoxy groups -OCH3 is 1. The van der Waals surface area contributed by atoms with E-state index >= 15 is 0 Å². The van der Waals surface area contributed by atoms with Gasteiger partial charge in [-0.05, 0) is 36.1 Å². The first-order valence-corrected chi connectivity index (χ1v) is 11.7. The second-order valence-electron chi connectivity index (χ2n) is 7.52. The number of nitrogens with zero attached hydrogens (tertiary/aromatic N) is 1. The Hall–Kier alpha value is -2.67. The van der Waals surface area contributed by atoms with E-state index in [4.69, 9.17) is 0 Å². The van der Waals surface area contributed by atoms with Gasteiger partial charge in [0.1, 0.15) is 6.04 Å². The van der Waals surface area contributed by atoms with Gasteiger partial charge < -0.3 is 15.0 Å². The molecule has 1 unspecified atom stereocenters. The zero-order valence-electron chi connectivity index (χ0n) is 18.2. The van der Waals surface area contributed by atoms with Gasteiger partial charge >= 0.3 is 18.1 Å². The highest BCUT2D eigenvalue weighted by Gasteiger charge is 2.43. The molecule has 0 fully saturated rings. The number of hydrogen-bond donors (Lipinski definition) is 2. The number of hydrogen-bond acceptors (Lipinski definition) is 6. The summed E-state index contributed by atoms with van der Waals surface area (Å²) in [5, 5.41) is 2.42. The predicted octanol–water partition coefficient (Wildman–Crippen LogP) is 1.26. The van der Waals surface area contributed by atoms with Gasteiger partial charge in [0.15, 0.2) is 0 Å². The van der Waals surface area contributed by atoms with Crippen molar-refractivity contribution in [1.29, 1.82) is 0 Å². The molecule has 0 radical (unpaired) electrons. The summed E-state index contributed by atoms with van der Waals surface area (Å²) in [6.45, 7) is 0.740. The summed E-state index contributed by atoms with van der Waals surface area (Å²) >= 11 is 0. The van der Waals surface area contributed by atoms with Crippen molar-refractivity contribution >= 4 is 27.8 Å². The van der Waals surface area contributed by atoms with E-state index < -0.39 is 46.6 Å². The number of nitrogens with one attached hydrogen (secondary N) is 2. The third-order valence-electron chi connectivity index (χ3n) is 5.12. The summed E-state index contributed by atoms with van der Waals surface area (Å²) in [6.07, 6.45) is -3.11. The van der Waals surface area contributed by atoms with Gasteiger partial charge in [0.25, 0.3) is 0 Å². The summed E-state index contributed by atoms with van der Waals surface area (Å²) in [4.78, 5) is 35.8. The number of amides is 2. The molecule has 9 nitrogen and oxygen atoms in total. The number of unbranched alkanes of at least 4 members (excludes halogenated alkanes) is 1. The van der Waals surface area contributed by atoms with Gasteiger partial charge in [-0.3, -0.25) is 9.59 Å². The van der Waals surface area contributed by atoms with Gasteiger partial charge in [-0.2, -0.15) is 13.2 Å². The fraction of sp³-hybridized carbons (Fsp3) is 0.550. The maximum absolute atomic E-state index is 12.7. The fourth-order valence-corrected chi connectivity index (χ4v) is 4.37. The Balaban J connectivity index is 2.06. The minimum Gasteiger partial charge on any atom is -0.467 e. The molecule has 0 saturated carbocycles. The van der Waals surface area contributed by atoms with Crippen LogP contribution in [-0.2, 0) is 42.1 Å². The number of alkyl halides is 3. The van der Waals surface area contributed by atoms with Crippen LogP contribution in [0.5, 0.6) is 0 Å². The zero-order chi connectivity index (χ0) is 24.8. The van der Waals surface area contributed by atoms with Gasteiger partial charge in [0, 0.05) is 13.1 Å². The molecule has 184 valence electrons. The number of halogens is 3. The first-order valence-electron chi connectivity index (χ1n) is 10.2. The lowest BCUT2D eigenvalue weighted by Gasteiger charge is -2.29. The third kappa shape index (κ3) is 7.16. The average molecular weight is 494 g/mol. The second-order valence-corrected chi connectivity index (χ2v) is 9.28. The molecule has 1 aliphatic rings. The standard InChI is InChI=1S/C20H26F3N3O6S/c1-3-4-5-16(18(28)32-2)25-17(27)11-24-33(30,31)15-7-6-13-8-9-26(12-14(13)10-15)19(29)20(21,22)23/h6-7,10,16,24H,3-5,8-9,11-12H2,1-2H3,(H,25,27). The number of carbonyl (C=O) groups is 3. The normalized spacial score (nSPS) is 14.9. The summed E-state index contributed by atoms with van der Waals surface area (Å²) in [7, 11) is -3.01. The summed E-state index contributed by atoms with van der Waals surface area (Å²) in [6, 6.07) is 3.02. The fourth-order valence-electron chi connectivity index (χ4n) is 3.34. The molecule has 2 rings (SSSR count). The molecule has 1 atom stereocenters. The van der Waals surface area contributed by atoms with Crippen molar-refractivity contribution in [1.82, 2.24) is 14.9 Å². The van der Waals surface area contributed by atoms with Crippen LogP contribution < -0.4 is 10.0 Å². The Kier molecular flexibility index (Phi) is 8.83. The number of fused-ring (bicyclic) bond motifs is 1. The number of carbonyl (C=O) groups excluding carboxylic acids is 3. The van der Waals surface area contributed by atoms with Crippen molar-refractivity contribution in [3.05, 3.63) is 29.3 Å². The van der Waals surface area contributed by atoms with Crippen molar-refractivity contribution in [2.75, 3.05) is 20.2 Å². The number of esters is 1. The Labute approximate surface area is 189 Å². The second kappa shape index (κ2) is 11.0. The van der Waals surface area contributed by atoms with Crippen LogP contribution in [0.4, 0.5) is 13.2 Å². The lowest BCUT2D eigenvalue weighted by Crippen LogP contribution is -2.46. The Morgan fingerprint density at radius 3 is 2.52 bits per heavy atom. The van der Waals surface area contributed by atoms with E-state index in [0.29, 0.717) is 23.3 Å². The molecule has 1 heterocycles. The Morgan fingerprint density at radius 2 is 1.91 bits per heavy atom. The SMILES string of the molecule is CCCCC(NC(=O)CNS(=O)(=O)c1ccc2c(c1)CN(C(=O)C(F)(F)F)CC2)C(=O)OC. The Morgan fingerprint density at radius 1 is 1.21 bits per heavy atom. The molecule has 0 spiro atoms. The summed E-state index contributed by atoms with van der Waals surface area (Å²) in [5.41, 5.74) is 0.909. The number of rotatable bonds is 9. The van der Waals surface area contributed by atoms with Crippen LogP contribution in [0.15, 0.2) is 23.1 Å². The van der Waals surface area contributed by atoms with Crippen molar-refractivity contribution in [3.63, 3.8) is 0 Å². The van der Waals surface area contributed by atoms with E-state index in [-0.39, 0.29) is 30.0 Å². The summed E-state index contributed by atoms with van der Waals surface area (Å²) < 4.78 is 70.1. The first kappa shape index (κ1) is 26.6. The predicted molar refractivity (Wildman–Crippen MR) is 110 cm³/mol. The first-order chi connectivity index (χ1) is 15.4. The molecule has 13 heteroatoms. The van der Waals surface area contributed by atoms with Crippen LogP contribution in [0.3, 0.4) is 0 Å². The molecule has 1 aromatic carbocycles. The highest BCUT2D eigenvalue weighted by Crippen LogP contribution is 2.26. The van der Waals surface area contributed by atoms with Crippen molar-refractivity contribution in [2.24, 2.45) is 0 Å². The number of ether oxygens (including phenoxy) is 1. The highest BCUT2D eigenvalue weighted by molar-refractivity contribution is 7.89. The molecule has 2 amide bonds. The average Bonchev–Trinajstić information content (AvgIpc) is 2.78. The highest BCUT2D eigenvalue weighted by atomic mass is 32.2. The molecule has 33 heavy (non-hydrogen) atoms. The number of benzene rings is 1. The Bertz CT molecular complexity index is 997. The van der Waals surface area contributed by atoms with E-state index in [9.17, 15) is 36.0 Å². The van der Waals surface area contributed by atoms with Crippen molar-refractivity contribution in [2.45, 2.75) is 56.3 Å². The summed E-state index contributed by atoms with van der Waals surface area (Å²) in [5.74, 6) is -3.38. The lowest BCUT2D eigenvalue weighted by atomic mass is 10.00. The molecular formula is C20H26F3N3O6S. The van der Waals surface area contributed by atoms with Crippen LogP contribution in [0.1, 0.15) is 37.3 Å². The van der Waals surface area contributed by atoms with E-state index in [2.05, 4.69) is 14.8 Å². The van der Waals surface area contributed by atoms with Gasteiger partial charge in [0.05, 0.1) is 18.6 Å². The van der Waals surface area contributed by atoms with Gasteiger partial charge in [-0.25, -0.2) is 17.9 Å².